The summed E-state index contributed by atoms with van der Waals surface area (Å²) >= 11 is 0. The summed E-state index contributed by atoms with van der Waals surface area (Å²) in [4.78, 5) is 26.0. The Morgan fingerprint density at radius 2 is 1.43 bits per heavy atom. The van der Waals surface area contributed by atoms with Gasteiger partial charge >= 0.3 is 12.0 Å². The monoisotopic (exact) mass is 656 g/mol. The summed E-state index contributed by atoms with van der Waals surface area (Å²) in [5, 5.41) is 12.3. The van der Waals surface area contributed by atoms with E-state index in [4.69, 9.17) is 9.47 Å². The molecule has 7 nitrogen and oxygen atoms in total. The quantitative estimate of drug-likeness (QED) is 0.132. The molecule has 2 N–H and O–H groups in total. The summed E-state index contributed by atoms with van der Waals surface area (Å²) in [5.74, 6) is 1.34. The van der Waals surface area contributed by atoms with Gasteiger partial charge in [-0.3, -0.25) is 9.69 Å². The van der Waals surface area contributed by atoms with Gasteiger partial charge in [-0.2, -0.15) is 0 Å². The largest absolute Gasteiger partial charge is 0.488 e. The van der Waals surface area contributed by atoms with Crippen molar-refractivity contribution >= 4 is 17.7 Å². The Bertz CT molecular complexity index is 1860. The summed E-state index contributed by atoms with van der Waals surface area (Å²) in [6.07, 6.45) is 1.09. The van der Waals surface area contributed by atoms with E-state index in [1.165, 1.54) is 5.56 Å². The van der Waals surface area contributed by atoms with Gasteiger partial charge in [0.25, 0.3) is 0 Å². The van der Waals surface area contributed by atoms with Crippen LogP contribution in [0, 0.1) is 0 Å². The lowest BCUT2D eigenvalue weighted by molar-refractivity contribution is -0.136. The Labute approximate surface area is 289 Å². The molecule has 0 atom stereocenters. The summed E-state index contributed by atoms with van der Waals surface area (Å²) in [7, 11) is 1.75. The van der Waals surface area contributed by atoms with Crippen LogP contribution in [0.1, 0.15) is 49.4 Å². The molecule has 5 aromatic carbocycles. The van der Waals surface area contributed by atoms with Crippen molar-refractivity contribution in [3.8, 4) is 28.4 Å². The van der Waals surface area contributed by atoms with Crippen LogP contribution in [0.2, 0.25) is 0 Å². The molecule has 5 aromatic rings. The normalized spacial score (nSPS) is 11.1. The highest BCUT2D eigenvalue weighted by Gasteiger charge is 2.16. The van der Waals surface area contributed by atoms with Gasteiger partial charge in [0, 0.05) is 31.3 Å². The lowest BCUT2D eigenvalue weighted by Crippen LogP contribution is -2.38. The molecule has 0 saturated carbocycles. The van der Waals surface area contributed by atoms with E-state index in [9.17, 15) is 14.7 Å². The SMILES string of the molecule is CN(C(=O)NCCc1cccc(Oc2ccccc2)c1)c1cccc(-c2ccc(CCC(=O)O)cc2OCc2ccc(C(C)(C)C)cc2)c1. The van der Waals surface area contributed by atoms with E-state index < -0.39 is 5.97 Å². The van der Waals surface area contributed by atoms with Crippen LogP contribution in [0.5, 0.6) is 17.2 Å². The van der Waals surface area contributed by atoms with E-state index in [2.05, 4.69) is 50.4 Å². The van der Waals surface area contributed by atoms with Gasteiger partial charge in [0.1, 0.15) is 23.9 Å². The average Bonchev–Trinajstić information content (AvgIpc) is 3.10. The zero-order chi connectivity index (χ0) is 34.8. The van der Waals surface area contributed by atoms with Gasteiger partial charge in [0.05, 0.1) is 0 Å². The highest BCUT2D eigenvalue weighted by Crippen LogP contribution is 2.34. The number of ether oxygens (including phenoxy) is 2. The number of urea groups is 1. The third-order valence-corrected chi connectivity index (χ3v) is 8.30. The van der Waals surface area contributed by atoms with E-state index in [-0.39, 0.29) is 17.9 Å². The molecule has 7 heteroatoms. The van der Waals surface area contributed by atoms with E-state index in [0.717, 1.165) is 45.0 Å². The molecule has 0 radical (unpaired) electrons. The minimum absolute atomic E-state index is 0.0370. The van der Waals surface area contributed by atoms with Gasteiger partial charge in [0.15, 0.2) is 0 Å². The van der Waals surface area contributed by atoms with Gasteiger partial charge in [-0.15, -0.1) is 0 Å². The lowest BCUT2D eigenvalue weighted by atomic mass is 9.87. The number of hydrogen-bond acceptors (Lipinski definition) is 4. The number of para-hydroxylation sites is 1. The second kappa shape index (κ2) is 16.0. The third kappa shape index (κ3) is 9.97. The molecule has 5 rings (SSSR count). The molecule has 0 bridgehead atoms. The number of nitrogens with zero attached hydrogens (tertiary/aromatic N) is 1. The van der Waals surface area contributed by atoms with Crippen LogP contribution < -0.4 is 19.7 Å². The molecule has 0 spiro atoms. The number of carboxylic acids is 1. The Morgan fingerprint density at radius 1 is 0.735 bits per heavy atom. The highest BCUT2D eigenvalue weighted by atomic mass is 16.5. The number of carboxylic acid groups (broad SMARTS) is 1. The van der Waals surface area contributed by atoms with Crippen molar-refractivity contribution in [1.29, 1.82) is 0 Å². The Balaban J connectivity index is 1.26. The first kappa shape index (κ1) is 34.8. The molecular weight excluding hydrogens is 612 g/mol. The van der Waals surface area contributed by atoms with Crippen LogP contribution in [-0.4, -0.2) is 30.7 Å². The van der Waals surface area contributed by atoms with Gasteiger partial charge in [-0.1, -0.05) is 99.6 Å². The molecule has 49 heavy (non-hydrogen) atoms. The summed E-state index contributed by atoms with van der Waals surface area (Å²) in [6, 6.07) is 39.3. The van der Waals surface area contributed by atoms with Gasteiger partial charge in [-0.25, -0.2) is 4.79 Å². The fourth-order valence-electron chi connectivity index (χ4n) is 5.41. The summed E-state index contributed by atoms with van der Waals surface area (Å²) in [6.45, 7) is 7.38. The fraction of sp³-hybridized carbons (Fsp3) is 0.238. The van der Waals surface area contributed by atoms with Crippen molar-refractivity contribution in [2.75, 3.05) is 18.5 Å². The van der Waals surface area contributed by atoms with Crippen LogP contribution >= 0.6 is 0 Å². The maximum atomic E-state index is 13.2. The van der Waals surface area contributed by atoms with Crippen LogP contribution in [0.4, 0.5) is 10.5 Å². The first-order chi connectivity index (χ1) is 23.5. The van der Waals surface area contributed by atoms with Crippen LogP contribution in [0.3, 0.4) is 0 Å². The van der Waals surface area contributed by atoms with Crippen LogP contribution in [0.15, 0.2) is 121 Å². The second-order valence-electron chi connectivity index (χ2n) is 13.1. The maximum absolute atomic E-state index is 13.2. The predicted octanol–water partition coefficient (Wildman–Crippen LogP) is 9.43. The van der Waals surface area contributed by atoms with E-state index in [1.807, 2.05) is 97.1 Å². The van der Waals surface area contributed by atoms with Crippen molar-refractivity contribution in [1.82, 2.24) is 5.32 Å². The van der Waals surface area contributed by atoms with Crippen molar-refractivity contribution in [3.63, 3.8) is 0 Å². The molecular formula is C42H44N2O5. The molecule has 0 aliphatic rings. The number of aryl methyl sites for hydroxylation is 1. The van der Waals surface area contributed by atoms with Crippen LogP contribution in [0.25, 0.3) is 11.1 Å². The van der Waals surface area contributed by atoms with Gasteiger partial charge in [0.2, 0.25) is 0 Å². The van der Waals surface area contributed by atoms with Crippen LogP contribution in [-0.2, 0) is 29.7 Å². The minimum atomic E-state index is -0.843. The standard InChI is InChI=1S/C42H44N2O5/c1-42(2,3)34-20-16-32(17-21-34)29-48-39-27-31(19-23-40(45)46)18-22-38(39)33-11-9-12-35(28-33)44(4)41(47)43-25-24-30-10-8-15-37(26-30)49-36-13-6-5-7-14-36/h5-18,20-22,26-28H,19,23-25,29H2,1-4H3,(H,43,47)(H,45,46). The number of rotatable bonds is 13. The number of nitrogens with one attached hydrogen (secondary N) is 1. The third-order valence-electron chi connectivity index (χ3n) is 8.30. The van der Waals surface area contributed by atoms with Crippen molar-refractivity contribution in [2.45, 2.75) is 52.1 Å². The Kier molecular flexibility index (Phi) is 11.4. The Hall–Kier alpha value is -5.56. The van der Waals surface area contributed by atoms with Gasteiger partial charge < -0.3 is 19.9 Å². The predicted molar refractivity (Wildman–Crippen MR) is 196 cm³/mol. The molecule has 0 fully saturated rings. The molecule has 0 saturated heterocycles. The fourth-order valence-corrected chi connectivity index (χ4v) is 5.41. The number of carbonyl (C=O) groups excluding carboxylic acids is 1. The zero-order valence-electron chi connectivity index (χ0n) is 28.6. The average molecular weight is 657 g/mol. The number of anilines is 1. The highest BCUT2D eigenvalue weighted by molar-refractivity contribution is 5.92. The first-order valence-corrected chi connectivity index (χ1v) is 16.6. The molecule has 0 aromatic heterocycles. The lowest BCUT2D eigenvalue weighted by Gasteiger charge is -2.20. The molecule has 0 unspecified atom stereocenters. The van der Waals surface area contributed by atoms with E-state index in [0.29, 0.717) is 31.7 Å². The van der Waals surface area contributed by atoms with E-state index in [1.54, 1.807) is 11.9 Å². The topological polar surface area (TPSA) is 88.1 Å². The maximum Gasteiger partial charge on any atom is 0.321 e. The van der Waals surface area contributed by atoms with Crippen molar-refractivity contribution < 1.29 is 24.2 Å². The first-order valence-electron chi connectivity index (χ1n) is 16.6. The smallest absolute Gasteiger partial charge is 0.321 e. The number of benzene rings is 5. The molecule has 0 aliphatic heterocycles. The number of amides is 2. The summed E-state index contributed by atoms with van der Waals surface area (Å²) in [5.41, 5.74) is 6.76. The van der Waals surface area contributed by atoms with Gasteiger partial charge in [-0.05, 0) is 88.5 Å². The second-order valence-corrected chi connectivity index (χ2v) is 13.1. The summed E-state index contributed by atoms with van der Waals surface area (Å²) < 4.78 is 12.3. The molecule has 2 amide bonds. The zero-order valence-corrected chi connectivity index (χ0v) is 28.6. The van der Waals surface area contributed by atoms with Crippen molar-refractivity contribution in [2.24, 2.45) is 0 Å². The molecule has 252 valence electrons. The number of carbonyl (C=O) groups is 2. The van der Waals surface area contributed by atoms with Crippen molar-refractivity contribution in [3.05, 3.63) is 144 Å². The molecule has 0 aliphatic carbocycles. The number of aliphatic carboxylic acids is 1. The number of hydrogen-bond donors (Lipinski definition) is 2. The minimum Gasteiger partial charge on any atom is -0.488 e. The van der Waals surface area contributed by atoms with E-state index >= 15 is 0 Å². The molecule has 0 heterocycles. The Morgan fingerprint density at radius 3 is 2.16 bits per heavy atom.